The summed E-state index contributed by atoms with van der Waals surface area (Å²) in [6.07, 6.45) is 8.71. The molecule has 0 aliphatic rings. The van der Waals surface area contributed by atoms with Crippen molar-refractivity contribution in [1.82, 2.24) is 29.5 Å². The molecule has 0 atom stereocenters. The Morgan fingerprint density at radius 3 is 1.64 bits per heavy atom. The normalized spacial score (nSPS) is 10.6. The third-order valence-corrected chi connectivity index (χ3v) is 1.96. The average molecular weight is 192 g/mol. The molecule has 2 rings (SSSR count). The molecule has 74 valence electrons. The van der Waals surface area contributed by atoms with Crippen molar-refractivity contribution in [3.05, 3.63) is 25.3 Å². The summed E-state index contributed by atoms with van der Waals surface area (Å²) in [5.74, 6) is 0. The van der Waals surface area contributed by atoms with Gasteiger partial charge < -0.3 is 0 Å². The first-order valence-electron chi connectivity index (χ1n) is 4.60. The molecule has 0 N–H and O–H groups in total. The predicted molar refractivity (Wildman–Crippen MR) is 49.3 cm³/mol. The highest BCUT2D eigenvalue weighted by Gasteiger charge is 1.93. The summed E-state index contributed by atoms with van der Waals surface area (Å²) in [5.41, 5.74) is 0. The molecule has 6 heteroatoms. The van der Waals surface area contributed by atoms with Crippen LogP contribution < -0.4 is 0 Å². The summed E-state index contributed by atoms with van der Waals surface area (Å²) >= 11 is 0. The molecule has 0 radical (unpaired) electrons. The topological polar surface area (TPSA) is 61.4 Å². The van der Waals surface area contributed by atoms with Crippen LogP contribution in [0.4, 0.5) is 0 Å². The zero-order chi connectivity index (χ0) is 9.64. The minimum absolute atomic E-state index is 0.911. The first-order chi connectivity index (χ1) is 6.95. The van der Waals surface area contributed by atoms with Crippen LogP contribution in [-0.2, 0) is 13.1 Å². The molecule has 0 saturated carbocycles. The van der Waals surface area contributed by atoms with Crippen molar-refractivity contribution in [1.29, 1.82) is 0 Å². The van der Waals surface area contributed by atoms with Gasteiger partial charge in [-0.15, -0.1) is 0 Å². The Morgan fingerprint density at radius 2 is 1.29 bits per heavy atom. The van der Waals surface area contributed by atoms with Crippen LogP contribution in [0.25, 0.3) is 0 Å². The Kier molecular flexibility index (Phi) is 2.85. The van der Waals surface area contributed by atoms with Gasteiger partial charge in [-0.2, -0.15) is 10.2 Å². The van der Waals surface area contributed by atoms with Gasteiger partial charge in [-0.1, -0.05) is 0 Å². The van der Waals surface area contributed by atoms with E-state index in [0.29, 0.717) is 0 Å². The van der Waals surface area contributed by atoms with E-state index < -0.39 is 0 Å². The second-order valence-electron chi connectivity index (χ2n) is 3.02. The number of nitrogens with zero attached hydrogens (tertiary/aromatic N) is 6. The number of aryl methyl sites for hydroxylation is 2. The molecule has 0 amide bonds. The molecule has 0 fully saturated rings. The van der Waals surface area contributed by atoms with Crippen LogP contribution >= 0.6 is 0 Å². The Labute approximate surface area is 81.6 Å². The van der Waals surface area contributed by atoms with Gasteiger partial charge in [-0.3, -0.25) is 9.36 Å². The van der Waals surface area contributed by atoms with Crippen LogP contribution in [0.5, 0.6) is 0 Å². The molecule has 0 saturated heterocycles. The molecule has 2 aromatic heterocycles. The Hall–Kier alpha value is -1.72. The molecule has 0 bridgehead atoms. The Balaban J connectivity index is 1.65. The van der Waals surface area contributed by atoms with Crippen LogP contribution in [0, 0.1) is 0 Å². The molecule has 14 heavy (non-hydrogen) atoms. The molecule has 0 aliphatic carbocycles. The molecule has 0 unspecified atom stereocenters. The van der Waals surface area contributed by atoms with Gasteiger partial charge in [0.15, 0.2) is 0 Å². The monoisotopic (exact) mass is 192 g/mol. The van der Waals surface area contributed by atoms with E-state index in [1.54, 1.807) is 25.3 Å². The van der Waals surface area contributed by atoms with Crippen LogP contribution in [0.3, 0.4) is 0 Å². The summed E-state index contributed by atoms with van der Waals surface area (Å²) in [6, 6.07) is 0. The molecule has 0 spiro atoms. The fourth-order valence-electron chi connectivity index (χ4n) is 1.24. The lowest BCUT2D eigenvalue weighted by Crippen LogP contribution is -2.02. The molecule has 2 aromatic rings. The lowest BCUT2D eigenvalue weighted by Gasteiger charge is -2.00. The second-order valence-corrected chi connectivity index (χ2v) is 3.02. The largest absolute Gasteiger partial charge is 0.253 e. The van der Waals surface area contributed by atoms with Gasteiger partial charge in [-0.25, -0.2) is 9.97 Å². The van der Waals surface area contributed by atoms with Gasteiger partial charge in [0.2, 0.25) is 0 Å². The van der Waals surface area contributed by atoms with Crippen LogP contribution in [-0.4, -0.2) is 29.5 Å². The molecular weight excluding hydrogens is 180 g/mol. The smallest absolute Gasteiger partial charge is 0.137 e. The van der Waals surface area contributed by atoms with Gasteiger partial charge in [0.05, 0.1) is 0 Å². The minimum Gasteiger partial charge on any atom is -0.253 e. The Morgan fingerprint density at radius 1 is 0.786 bits per heavy atom. The lowest BCUT2D eigenvalue weighted by atomic mass is 10.3. The van der Waals surface area contributed by atoms with E-state index in [-0.39, 0.29) is 0 Å². The third kappa shape index (κ3) is 2.38. The predicted octanol–water partition coefficient (Wildman–Crippen LogP) is 0.350. The number of unbranched alkanes of at least 4 members (excludes halogenated alkanes) is 1. The third-order valence-electron chi connectivity index (χ3n) is 1.96. The van der Waals surface area contributed by atoms with Crippen molar-refractivity contribution in [2.24, 2.45) is 0 Å². The number of aromatic nitrogens is 6. The van der Waals surface area contributed by atoms with E-state index in [1.165, 1.54) is 0 Å². The van der Waals surface area contributed by atoms with E-state index in [4.69, 9.17) is 0 Å². The van der Waals surface area contributed by atoms with E-state index in [0.717, 1.165) is 25.9 Å². The number of hydrogen-bond acceptors (Lipinski definition) is 4. The maximum atomic E-state index is 4.02. The highest BCUT2D eigenvalue weighted by molar-refractivity contribution is 4.58. The molecule has 0 aliphatic heterocycles. The van der Waals surface area contributed by atoms with Crippen molar-refractivity contribution < 1.29 is 0 Å². The Bertz CT molecular complexity index is 302. The molecule has 6 nitrogen and oxygen atoms in total. The fourth-order valence-corrected chi connectivity index (χ4v) is 1.24. The van der Waals surface area contributed by atoms with Crippen molar-refractivity contribution >= 4 is 0 Å². The standard InChI is InChI=1S/C8H12N6/c1(3-13-7-9-5-11-13)2-4-14-8-10-6-12-14/h5-8H,1-4H2. The highest BCUT2D eigenvalue weighted by atomic mass is 15.3. The summed E-state index contributed by atoms with van der Waals surface area (Å²) in [7, 11) is 0. The van der Waals surface area contributed by atoms with Gasteiger partial charge >= 0.3 is 0 Å². The maximum absolute atomic E-state index is 4.02. The van der Waals surface area contributed by atoms with E-state index in [9.17, 15) is 0 Å². The summed E-state index contributed by atoms with van der Waals surface area (Å²) in [4.78, 5) is 7.75. The zero-order valence-electron chi connectivity index (χ0n) is 7.82. The van der Waals surface area contributed by atoms with Crippen molar-refractivity contribution in [2.75, 3.05) is 0 Å². The van der Waals surface area contributed by atoms with Crippen molar-refractivity contribution in [3.63, 3.8) is 0 Å². The van der Waals surface area contributed by atoms with Gasteiger partial charge in [0.1, 0.15) is 25.3 Å². The fraction of sp³-hybridized carbons (Fsp3) is 0.500. The van der Waals surface area contributed by atoms with Crippen LogP contribution in [0.1, 0.15) is 12.8 Å². The summed E-state index contributed by atoms with van der Waals surface area (Å²) < 4.78 is 3.67. The second kappa shape index (κ2) is 4.50. The average Bonchev–Trinajstić information content (AvgIpc) is 2.86. The SMILES string of the molecule is c1ncn(CCCCn2cncn2)n1. The van der Waals surface area contributed by atoms with E-state index >= 15 is 0 Å². The zero-order valence-corrected chi connectivity index (χ0v) is 7.82. The van der Waals surface area contributed by atoms with Gasteiger partial charge in [0.25, 0.3) is 0 Å². The minimum atomic E-state index is 0.911. The number of hydrogen-bond donors (Lipinski definition) is 0. The van der Waals surface area contributed by atoms with Crippen LogP contribution in [0.2, 0.25) is 0 Å². The molecule has 0 aromatic carbocycles. The quantitative estimate of drug-likeness (QED) is 0.641. The highest BCUT2D eigenvalue weighted by Crippen LogP contribution is 1.95. The molecule has 2 heterocycles. The first-order valence-corrected chi connectivity index (χ1v) is 4.60. The summed E-state index contributed by atoms with van der Waals surface area (Å²) in [6.45, 7) is 1.82. The van der Waals surface area contributed by atoms with E-state index in [1.807, 2.05) is 9.36 Å². The van der Waals surface area contributed by atoms with Crippen molar-refractivity contribution in [2.45, 2.75) is 25.9 Å². The van der Waals surface area contributed by atoms with Crippen LogP contribution in [0.15, 0.2) is 25.3 Å². The van der Waals surface area contributed by atoms with E-state index in [2.05, 4.69) is 20.2 Å². The number of rotatable bonds is 5. The first kappa shape index (κ1) is 8.86. The summed E-state index contributed by atoms with van der Waals surface area (Å²) in [5, 5.41) is 8.04. The van der Waals surface area contributed by atoms with Gasteiger partial charge in [-0.05, 0) is 12.8 Å². The van der Waals surface area contributed by atoms with Gasteiger partial charge in [0, 0.05) is 13.1 Å². The maximum Gasteiger partial charge on any atom is 0.137 e. The molecular formula is C8H12N6. The lowest BCUT2D eigenvalue weighted by molar-refractivity contribution is 0.500. The van der Waals surface area contributed by atoms with Crippen molar-refractivity contribution in [3.8, 4) is 0 Å².